The second-order valence-electron chi connectivity index (χ2n) is 6.14. The van der Waals surface area contributed by atoms with Crippen molar-refractivity contribution >= 4 is 5.97 Å². The first kappa shape index (κ1) is 12.7. The van der Waals surface area contributed by atoms with E-state index in [1.807, 2.05) is 6.92 Å². The molecule has 0 amide bonds. The summed E-state index contributed by atoms with van der Waals surface area (Å²) in [6.07, 6.45) is 7.14. The van der Waals surface area contributed by atoms with Crippen LogP contribution in [0.3, 0.4) is 0 Å². The highest BCUT2D eigenvalue weighted by Crippen LogP contribution is 2.47. The topological polar surface area (TPSA) is 37.3 Å². The van der Waals surface area contributed by atoms with Gasteiger partial charge in [0.1, 0.15) is 0 Å². The number of rotatable bonds is 2. The van der Waals surface area contributed by atoms with E-state index in [1.54, 1.807) is 0 Å². The minimum atomic E-state index is -0.625. The number of carboxylic acids is 1. The minimum Gasteiger partial charge on any atom is -0.481 e. The molecule has 0 saturated heterocycles. The van der Waals surface area contributed by atoms with Crippen molar-refractivity contribution in [2.45, 2.75) is 46.5 Å². The van der Waals surface area contributed by atoms with Crippen LogP contribution in [-0.2, 0) is 4.79 Å². The predicted molar refractivity (Wildman–Crippen MR) is 68.7 cm³/mol. The molecule has 0 aromatic carbocycles. The smallest absolute Gasteiger partial charge is 0.306 e. The quantitative estimate of drug-likeness (QED) is 0.742. The maximum atomic E-state index is 11.2. The molecule has 2 rings (SSSR count). The molecule has 0 heterocycles. The lowest BCUT2D eigenvalue weighted by atomic mass is 9.60. The third-order valence-electron chi connectivity index (χ3n) is 5.06. The molecule has 0 unspecified atom stereocenters. The zero-order chi connectivity index (χ0) is 12.6. The van der Waals surface area contributed by atoms with Crippen LogP contribution in [0, 0.1) is 29.6 Å². The van der Waals surface area contributed by atoms with E-state index >= 15 is 0 Å². The fourth-order valence-electron chi connectivity index (χ4n) is 3.86. The van der Waals surface area contributed by atoms with E-state index in [4.69, 9.17) is 0 Å². The summed E-state index contributed by atoms with van der Waals surface area (Å²) in [5, 5.41) is 9.24. The molecule has 0 aromatic rings. The van der Waals surface area contributed by atoms with Crippen LogP contribution in [0.1, 0.15) is 46.5 Å². The van der Waals surface area contributed by atoms with Gasteiger partial charge in [0.05, 0.1) is 5.92 Å². The summed E-state index contributed by atoms with van der Waals surface area (Å²) in [4.78, 5) is 11.2. The molecule has 0 bridgehead atoms. The Balaban J connectivity index is 2.22. The first-order valence-electron chi connectivity index (χ1n) is 6.90. The maximum absolute atomic E-state index is 11.2. The van der Waals surface area contributed by atoms with E-state index in [0.717, 1.165) is 18.3 Å². The Kier molecular flexibility index (Phi) is 3.60. The van der Waals surface area contributed by atoms with Crippen molar-refractivity contribution in [1.82, 2.24) is 0 Å². The van der Waals surface area contributed by atoms with Gasteiger partial charge in [0.25, 0.3) is 0 Å². The number of hydrogen-bond donors (Lipinski definition) is 1. The monoisotopic (exact) mass is 236 g/mol. The number of aliphatic carboxylic acids is 1. The van der Waals surface area contributed by atoms with Crippen LogP contribution in [0.25, 0.3) is 0 Å². The van der Waals surface area contributed by atoms with E-state index in [9.17, 15) is 9.90 Å². The Morgan fingerprint density at radius 1 is 1.41 bits per heavy atom. The molecule has 0 spiro atoms. The lowest BCUT2D eigenvalue weighted by Crippen LogP contribution is -2.39. The molecule has 1 saturated carbocycles. The van der Waals surface area contributed by atoms with E-state index in [2.05, 4.69) is 19.9 Å². The van der Waals surface area contributed by atoms with Crippen molar-refractivity contribution in [1.29, 1.82) is 0 Å². The number of hydrogen-bond acceptors (Lipinski definition) is 1. The maximum Gasteiger partial charge on any atom is 0.306 e. The summed E-state index contributed by atoms with van der Waals surface area (Å²) < 4.78 is 0. The van der Waals surface area contributed by atoms with Gasteiger partial charge in [-0.3, -0.25) is 4.79 Å². The predicted octanol–water partition coefficient (Wildman–Crippen LogP) is 3.73. The van der Waals surface area contributed by atoms with Crippen molar-refractivity contribution < 1.29 is 9.90 Å². The van der Waals surface area contributed by atoms with Gasteiger partial charge in [-0.2, -0.15) is 0 Å². The minimum absolute atomic E-state index is 0.197. The van der Waals surface area contributed by atoms with Gasteiger partial charge in [0.2, 0.25) is 0 Å². The molecular weight excluding hydrogens is 212 g/mol. The van der Waals surface area contributed by atoms with Gasteiger partial charge in [-0.15, -0.1) is 0 Å². The molecule has 2 heteroatoms. The molecular formula is C15H24O2. The zero-order valence-electron chi connectivity index (χ0n) is 11.1. The van der Waals surface area contributed by atoms with Crippen molar-refractivity contribution in [2.75, 3.05) is 0 Å². The summed E-state index contributed by atoms with van der Waals surface area (Å²) >= 11 is 0. The lowest BCUT2D eigenvalue weighted by molar-refractivity contribution is -0.144. The van der Waals surface area contributed by atoms with E-state index < -0.39 is 5.97 Å². The Labute approximate surface area is 104 Å². The fraction of sp³-hybridized carbons (Fsp3) is 0.800. The summed E-state index contributed by atoms with van der Waals surface area (Å²) in [7, 11) is 0. The molecule has 2 nitrogen and oxygen atoms in total. The van der Waals surface area contributed by atoms with Crippen LogP contribution in [0.4, 0.5) is 0 Å². The average molecular weight is 236 g/mol. The molecule has 0 aromatic heterocycles. The van der Waals surface area contributed by atoms with Crippen LogP contribution in [-0.4, -0.2) is 11.1 Å². The first-order chi connectivity index (χ1) is 8.00. The molecule has 5 atom stereocenters. The van der Waals surface area contributed by atoms with Gasteiger partial charge in [-0.05, 0) is 49.9 Å². The normalized spacial score (nSPS) is 39.1. The summed E-state index contributed by atoms with van der Waals surface area (Å²) in [6, 6.07) is 0. The van der Waals surface area contributed by atoms with Gasteiger partial charge in [-0.1, -0.05) is 31.9 Å². The highest BCUT2D eigenvalue weighted by molar-refractivity contribution is 5.70. The standard InChI is InChI=1S/C15H24O2/c1-9-4-6-12-10(2)5-7-13(14(12)8-9)11(3)15(16)17/h8,10-14H,4-7H2,1-3H3,(H,16,17)/t10-,11-,12+,13+,14-/m1/s1. The second kappa shape index (κ2) is 4.83. The van der Waals surface area contributed by atoms with Crippen LogP contribution in [0.2, 0.25) is 0 Å². The van der Waals surface area contributed by atoms with E-state index in [0.29, 0.717) is 11.8 Å². The first-order valence-corrected chi connectivity index (χ1v) is 6.90. The Hall–Kier alpha value is -0.790. The largest absolute Gasteiger partial charge is 0.481 e. The number of carbonyl (C=O) groups is 1. The van der Waals surface area contributed by atoms with Crippen LogP contribution >= 0.6 is 0 Å². The number of allylic oxidation sites excluding steroid dienone is 2. The van der Waals surface area contributed by atoms with Crippen LogP contribution in [0.5, 0.6) is 0 Å². The third-order valence-corrected chi connectivity index (χ3v) is 5.06. The van der Waals surface area contributed by atoms with Gasteiger partial charge < -0.3 is 5.11 Å². The summed E-state index contributed by atoms with van der Waals surface area (Å²) in [5.74, 6) is 1.53. The van der Waals surface area contributed by atoms with Crippen molar-refractivity contribution in [3.63, 3.8) is 0 Å². The van der Waals surface area contributed by atoms with Gasteiger partial charge in [0, 0.05) is 0 Å². The molecule has 17 heavy (non-hydrogen) atoms. The zero-order valence-corrected chi connectivity index (χ0v) is 11.1. The van der Waals surface area contributed by atoms with E-state index in [-0.39, 0.29) is 5.92 Å². The molecule has 0 aliphatic heterocycles. The number of fused-ring (bicyclic) bond motifs is 1. The van der Waals surface area contributed by atoms with Gasteiger partial charge in [0.15, 0.2) is 0 Å². The second-order valence-corrected chi connectivity index (χ2v) is 6.14. The van der Waals surface area contributed by atoms with Crippen molar-refractivity contribution in [3.05, 3.63) is 11.6 Å². The fourth-order valence-corrected chi connectivity index (χ4v) is 3.86. The third kappa shape index (κ3) is 2.41. The molecule has 1 fully saturated rings. The highest BCUT2D eigenvalue weighted by Gasteiger charge is 2.41. The highest BCUT2D eigenvalue weighted by atomic mass is 16.4. The summed E-state index contributed by atoms with van der Waals surface area (Å²) in [5.41, 5.74) is 1.46. The molecule has 2 aliphatic rings. The Morgan fingerprint density at radius 3 is 2.76 bits per heavy atom. The van der Waals surface area contributed by atoms with Crippen molar-refractivity contribution in [3.8, 4) is 0 Å². The Bertz CT molecular complexity index is 332. The molecule has 96 valence electrons. The summed E-state index contributed by atoms with van der Waals surface area (Å²) in [6.45, 7) is 6.42. The lowest BCUT2D eigenvalue weighted by Gasteiger charge is -2.44. The van der Waals surface area contributed by atoms with Crippen molar-refractivity contribution in [2.24, 2.45) is 29.6 Å². The molecule has 0 radical (unpaired) electrons. The van der Waals surface area contributed by atoms with Crippen LogP contribution in [0.15, 0.2) is 11.6 Å². The van der Waals surface area contributed by atoms with Gasteiger partial charge >= 0.3 is 5.97 Å². The van der Waals surface area contributed by atoms with Gasteiger partial charge in [-0.25, -0.2) is 0 Å². The van der Waals surface area contributed by atoms with Crippen LogP contribution < -0.4 is 0 Å². The molecule has 2 aliphatic carbocycles. The SMILES string of the molecule is CC1=C[C@@H]2[C@@H](CC1)[C@H](C)CC[C@H]2[C@@H](C)C(=O)O. The molecule has 1 N–H and O–H groups in total. The Morgan fingerprint density at radius 2 is 2.12 bits per heavy atom. The van der Waals surface area contributed by atoms with E-state index in [1.165, 1.54) is 24.8 Å². The number of carboxylic acid groups (broad SMARTS) is 1. The average Bonchev–Trinajstić information content (AvgIpc) is 2.28.